The first-order valence-electron chi connectivity index (χ1n) is 13.0. The van der Waals surface area contributed by atoms with E-state index in [1.165, 1.54) is 12.1 Å². The van der Waals surface area contributed by atoms with Crippen molar-refractivity contribution in [1.29, 1.82) is 0 Å². The maximum Gasteiger partial charge on any atom is 0.405 e. The number of aliphatic hydroxyl groups excluding tert-OH is 3. The number of primary amides is 1. The highest BCUT2D eigenvalue weighted by Crippen LogP contribution is 2.37. The van der Waals surface area contributed by atoms with E-state index in [9.17, 15) is 35.1 Å². The van der Waals surface area contributed by atoms with Gasteiger partial charge in [-0.15, -0.1) is 0 Å². The van der Waals surface area contributed by atoms with Gasteiger partial charge in [0.15, 0.2) is 0 Å². The van der Waals surface area contributed by atoms with E-state index in [1.807, 2.05) is 6.92 Å². The van der Waals surface area contributed by atoms with Gasteiger partial charge in [-0.2, -0.15) is 0 Å². The number of carbonyl (C=O) groups excluding carboxylic acids is 2. The van der Waals surface area contributed by atoms with Crippen molar-refractivity contribution in [3.8, 4) is 11.5 Å². The van der Waals surface area contributed by atoms with Crippen molar-refractivity contribution in [2.24, 2.45) is 29.4 Å². The van der Waals surface area contributed by atoms with E-state index in [0.29, 0.717) is 30.4 Å². The Labute approximate surface area is 223 Å². The van der Waals surface area contributed by atoms with Gasteiger partial charge in [-0.1, -0.05) is 26.0 Å². The zero-order valence-corrected chi connectivity index (χ0v) is 22.6. The number of anilines is 1. The summed E-state index contributed by atoms with van der Waals surface area (Å²) in [5, 5.41) is 55.1. The lowest BCUT2D eigenvalue weighted by Crippen LogP contribution is -2.34. The number of aliphatic hydroxyl groups is 3. The minimum Gasteiger partial charge on any atom is -0.508 e. The lowest BCUT2D eigenvalue weighted by atomic mass is 9.82. The average molecular weight is 535 g/mol. The third kappa shape index (κ3) is 8.21. The molecule has 0 aliphatic carbocycles. The zero-order chi connectivity index (χ0) is 28.6. The molecule has 1 heterocycles. The highest BCUT2D eigenvalue weighted by atomic mass is 16.6. The highest BCUT2D eigenvalue weighted by Gasteiger charge is 2.30. The number of aromatic hydroxyl groups is 2. The smallest absolute Gasteiger partial charge is 0.405 e. The molecule has 10 heteroatoms. The Morgan fingerprint density at radius 3 is 2.39 bits per heavy atom. The average Bonchev–Trinajstić information content (AvgIpc) is 2.86. The third-order valence-corrected chi connectivity index (χ3v) is 7.25. The normalized spacial score (nSPS) is 30.9. The summed E-state index contributed by atoms with van der Waals surface area (Å²) in [4.78, 5) is 24.4. The van der Waals surface area contributed by atoms with E-state index >= 15 is 0 Å². The van der Waals surface area contributed by atoms with Crippen molar-refractivity contribution in [2.75, 3.05) is 18.5 Å². The molecule has 212 valence electrons. The Kier molecular flexibility index (Phi) is 11.6. The standard InChI is InChI=1S/C28H42N2O8/c1-15-10-20(14-32)24(34)17(3)12-18(4)26(38-28(29)37)19(13-31)7-5-6-16(2)27(36)30-22-8-9-23(33)21(11-15)25(22)35/h6,8-9,12,15,17,19-20,24,26,31-35H,5,7,10-11,13-14H2,1-4H3,(H2,29,37)(H,30,36)/b16-6+,18-12+/t15-,17-,19+,20+,24+,26-/m0/s1. The SMILES string of the molecule is C/C1=C\CC[C@H](CO)[C@@H](OC(N)=O)/C(C)=C/[C@H](C)[C@@H](O)[C@@H](CO)C[C@H](C)Cc2c(O)ccc(c2O)NC1=O. The Morgan fingerprint density at radius 1 is 1.13 bits per heavy atom. The number of rotatable bonds is 3. The number of allylic oxidation sites excluding steroid dienone is 1. The summed E-state index contributed by atoms with van der Waals surface area (Å²) in [5.41, 5.74) is 6.70. The van der Waals surface area contributed by atoms with Gasteiger partial charge >= 0.3 is 6.09 Å². The Hall–Kier alpha value is -3.08. The summed E-state index contributed by atoms with van der Waals surface area (Å²) in [6, 6.07) is 2.81. The van der Waals surface area contributed by atoms with Crippen LogP contribution in [0.2, 0.25) is 0 Å². The number of phenols is 2. The maximum atomic E-state index is 12.8. The lowest BCUT2D eigenvalue weighted by molar-refractivity contribution is -0.112. The molecule has 1 aliphatic heterocycles. The quantitative estimate of drug-likeness (QED) is 0.175. The maximum absolute atomic E-state index is 12.8. The van der Waals surface area contributed by atoms with E-state index in [-0.39, 0.29) is 48.3 Å². The van der Waals surface area contributed by atoms with Gasteiger partial charge in [0, 0.05) is 42.1 Å². The van der Waals surface area contributed by atoms with Crippen LogP contribution >= 0.6 is 0 Å². The van der Waals surface area contributed by atoms with Crippen LogP contribution in [0.25, 0.3) is 0 Å². The van der Waals surface area contributed by atoms with E-state index in [4.69, 9.17) is 10.5 Å². The van der Waals surface area contributed by atoms with Crippen LogP contribution in [0.3, 0.4) is 0 Å². The number of carbonyl (C=O) groups is 2. The van der Waals surface area contributed by atoms with E-state index in [1.54, 1.807) is 32.9 Å². The first-order chi connectivity index (χ1) is 17.9. The molecule has 38 heavy (non-hydrogen) atoms. The van der Waals surface area contributed by atoms with Crippen LogP contribution in [0.1, 0.15) is 52.5 Å². The fourth-order valence-electron chi connectivity index (χ4n) is 5.09. The Bertz CT molecular complexity index is 1040. The molecule has 8 N–H and O–H groups in total. The molecule has 1 aromatic rings. The molecule has 10 nitrogen and oxygen atoms in total. The van der Waals surface area contributed by atoms with Crippen LogP contribution in [-0.4, -0.2) is 63.0 Å². The molecule has 0 saturated heterocycles. The van der Waals surface area contributed by atoms with E-state index in [0.717, 1.165) is 0 Å². The molecule has 0 saturated carbocycles. The summed E-state index contributed by atoms with van der Waals surface area (Å²) in [6.07, 6.45) is 2.03. The van der Waals surface area contributed by atoms with Crippen molar-refractivity contribution in [2.45, 2.75) is 65.6 Å². The van der Waals surface area contributed by atoms with Gasteiger partial charge < -0.3 is 41.3 Å². The molecule has 0 spiro atoms. The van der Waals surface area contributed by atoms with Gasteiger partial charge in [0.05, 0.1) is 11.8 Å². The fourth-order valence-corrected chi connectivity index (χ4v) is 5.09. The first-order valence-corrected chi connectivity index (χ1v) is 13.0. The van der Waals surface area contributed by atoms with Crippen molar-refractivity contribution < 1.29 is 39.9 Å². The number of benzene rings is 1. The summed E-state index contributed by atoms with van der Waals surface area (Å²) in [6.45, 7) is 6.41. The predicted octanol–water partition coefficient (Wildman–Crippen LogP) is 2.97. The second kappa shape index (κ2) is 14.2. The van der Waals surface area contributed by atoms with Crippen LogP contribution in [-0.2, 0) is 16.0 Å². The summed E-state index contributed by atoms with van der Waals surface area (Å²) >= 11 is 0. The highest BCUT2D eigenvalue weighted by molar-refractivity contribution is 6.04. The Balaban J connectivity index is 2.52. The predicted molar refractivity (Wildman–Crippen MR) is 143 cm³/mol. The first kappa shape index (κ1) is 31.1. The van der Waals surface area contributed by atoms with E-state index < -0.39 is 42.0 Å². The van der Waals surface area contributed by atoms with Crippen molar-refractivity contribution in [3.63, 3.8) is 0 Å². The summed E-state index contributed by atoms with van der Waals surface area (Å²) in [7, 11) is 0. The van der Waals surface area contributed by atoms with E-state index in [2.05, 4.69) is 5.32 Å². The van der Waals surface area contributed by atoms with Crippen LogP contribution in [0, 0.1) is 23.7 Å². The molecule has 0 aromatic heterocycles. The van der Waals surface area contributed by atoms with Crippen molar-refractivity contribution >= 4 is 17.7 Å². The van der Waals surface area contributed by atoms with Crippen molar-refractivity contribution in [1.82, 2.24) is 0 Å². The largest absolute Gasteiger partial charge is 0.508 e. The number of amides is 2. The van der Waals surface area contributed by atoms with Crippen LogP contribution in [0.5, 0.6) is 11.5 Å². The second-order valence-corrected chi connectivity index (χ2v) is 10.4. The summed E-state index contributed by atoms with van der Waals surface area (Å²) in [5.74, 6) is -2.43. The second-order valence-electron chi connectivity index (χ2n) is 10.4. The van der Waals surface area contributed by atoms with Gasteiger partial charge in [-0.3, -0.25) is 4.79 Å². The van der Waals surface area contributed by atoms with Crippen LogP contribution < -0.4 is 11.1 Å². The number of nitrogens with two attached hydrogens (primary N) is 1. The number of hydrogen-bond acceptors (Lipinski definition) is 8. The molecule has 6 atom stereocenters. The molecule has 2 amide bonds. The molecule has 2 bridgehead atoms. The number of ether oxygens (including phenoxy) is 1. The molecule has 0 radical (unpaired) electrons. The minimum atomic E-state index is -0.995. The number of hydrogen-bond donors (Lipinski definition) is 7. The third-order valence-electron chi connectivity index (χ3n) is 7.25. The molecular formula is C28H42N2O8. The fraction of sp³-hybridized carbons (Fsp3) is 0.571. The molecule has 0 unspecified atom stereocenters. The summed E-state index contributed by atoms with van der Waals surface area (Å²) < 4.78 is 5.34. The van der Waals surface area contributed by atoms with Crippen LogP contribution in [0.4, 0.5) is 10.5 Å². The monoisotopic (exact) mass is 534 g/mol. The van der Waals surface area contributed by atoms with Crippen LogP contribution in [0.15, 0.2) is 35.4 Å². The van der Waals surface area contributed by atoms with Gasteiger partial charge in [0.2, 0.25) is 0 Å². The lowest BCUT2D eigenvalue weighted by Gasteiger charge is -2.30. The number of fused-ring (bicyclic) bond motifs is 2. The molecule has 1 aliphatic rings. The number of phenolic OH excluding ortho intramolecular Hbond substituents is 2. The van der Waals surface area contributed by atoms with Gasteiger partial charge in [-0.25, -0.2) is 4.79 Å². The van der Waals surface area contributed by atoms with Gasteiger partial charge in [0.25, 0.3) is 5.91 Å². The molecule has 1 aromatic carbocycles. The zero-order valence-electron chi connectivity index (χ0n) is 22.6. The Morgan fingerprint density at radius 2 is 1.79 bits per heavy atom. The van der Waals surface area contributed by atoms with Crippen molar-refractivity contribution in [3.05, 3.63) is 41.0 Å². The molecule has 0 fully saturated rings. The number of nitrogens with one attached hydrogen (secondary N) is 1. The molecule has 2 rings (SSSR count). The van der Waals surface area contributed by atoms with Gasteiger partial charge in [0.1, 0.15) is 17.6 Å². The minimum absolute atomic E-state index is 0.117. The topological polar surface area (TPSA) is 183 Å². The van der Waals surface area contributed by atoms with Gasteiger partial charge in [-0.05, 0) is 63.2 Å². The molecular weight excluding hydrogens is 492 g/mol.